The molecule has 0 saturated carbocycles. The number of nitrogens with zero attached hydrogens (tertiary/aromatic N) is 1. The predicted molar refractivity (Wildman–Crippen MR) is 134 cm³/mol. The smallest absolute Gasteiger partial charge is 0.271 e. The van der Waals surface area contributed by atoms with Crippen LogP contribution in [0.4, 0.5) is 5.69 Å². The maximum atomic E-state index is 12.6. The van der Waals surface area contributed by atoms with E-state index < -0.39 is 15.9 Å². The second-order valence-corrected chi connectivity index (χ2v) is 9.32. The first-order valence-corrected chi connectivity index (χ1v) is 12.3. The molecule has 3 rings (SSSR count). The lowest BCUT2D eigenvalue weighted by Crippen LogP contribution is -2.17. The lowest BCUT2D eigenvalue weighted by Gasteiger charge is -2.09. The van der Waals surface area contributed by atoms with Crippen LogP contribution in [-0.2, 0) is 10.0 Å². The van der Waals surface area contributed by atoms with Gasteiger partial charge in [-0.2, -0.15) is 5.10 Å². The van der Waals surface area contributed by atoms with Crippen molar-refractivity contribution in [3.63, 3.8) is 0 Å². The Hall–Kier alpha value is -3.43. The highest BCUT2D eigenvalue weighted by Gasteiger charge is 2.14. The molecule has 3 aromatic rings. The van der Waals surface area contributed by atoms with Gasteiger partial charge in [-0.3, -0.25) is 9.52 Å². The maximum Gasteiger partial charge on any atom is 0.271 e. The number of carbonyl (C=O) groups excluding carboxylic acids is 1. The molecule has 0 bridgehead atoms. The summed E-state index contributed by atoms with van der Waals surface area (Å²) in [6, 6.07) is 21.8. The standard InChI is InChI=1S/C24H22BrN3O4S/c1-2-32-22-12-14-23(15-13-22)33(30,31)28-21-10-8-19(9-11-21)24(29)27-26-17-20(25)16-18-6-4-3-5-7-18/h3-17,28H,2H2,1H3,(H,27,29)/b20-16?,26-17+. The Kier molecular flexibility index (Phi) is 8.39. The Bertz CT molecular complexity index is 1240. The summed E-state index contributed by atoms with van der Waals surface area (Å²) in [6.45, 7) is 2.35. The highest BCUT2D eigenvalue weighted by molar-refractivity contribution is 9.12. The third-order valence-corrected chi connectivity index (χ3v) is 6.13. The zero-order valence-corrected chi connectivity index (χ0v) is 20.1. The van der Waals surface area contributed by atoms with Crippen LogP contribution in [0, 0.1) is 0 Å². The first kappa shape index (κ1) is 24.2. The van der Waals surface area contributed by atoms with Crippen LogP contribution in [0.2, 0.25) is 0 Å². The molecule has 0 fully saturated rings. The third kappa shape index (κ3) is 7.30. The average molecular weight is 528 g/mol. The molecule has 0 aliphatic heterocycles. The van der Waals surface area contributed by atoms with Gasteiger partial charge in [-0.25, -0.2) is 13.8 Å². The minimum Gasteiger partial charge on any atom is -0.494 e. The molecule has 0 radical (unpaired) electrons. The molecule has 3 aromatic carbocycles. The van der Waals surface area contributed by atoms with Crippen molar-refractivity contribution in [3.05, 3.63) is 94.5 Å². The van der Waals surface area contributed by atoms with Crippen molar-refractivity contribution in [3.8, 4) is 5.75 Å². The monoisotopic (exact) mass is 527 g/mol. The normalized spacial score (nSPS) is 11.9. The van der Waals surface area contributed by atoms with Gasteiger partial charge < -0.3 is 4.74 Å². The van der Waals surface area contributed by atoms with E-state index in [9.17, 15) is 13.2 Å². The molecular formula is C24H22BrN3O4S. The van der Waals surface area contributed by atoms with Gasteiger partial charge in [-0.05, 0) is 83.0 Å². The summed E-state index contributed by atoms with van der Waals surface area (Å²) < 4.78 is 33.6. The van der Waals surface area contributed by atoms with Crippen LogP contribution in [0.25, 0.3) is 6.08 Å². The molecule has 0 atom stereocenters. The number of hydrazone groups is 1. The summed E-state index contributed by atoms with van der Waals surface area (Å²) in [5, 5.41) is 3.92. The van der Waals surface area contributed by atoms with Crippen LogP contribution in [-0.4, -0.2) is 27.1 Å². The molecule has 9 heteroatoms. The van der Waals surface area contributed by atoms with Crippen molar-refractivity contribution < 1.29 is 17.9 Å². The fourth-order valence-electron chi connectivity index (χ4n) is 2.75. The summed E-state index contributed by atoms with van der Waals surface area (Å²) >= 11 is 3.38. The van der Waals surface area contributed by atoms with E-state index in [-0.39, 0.29) is 4.90 Å². The molecule has 0 unspecified atom stereocenters. The molecular weight excluding hydrogens is 506 g/mol. The number of hydrogen-bond donors (Lipinski definition) is 2. The number of allylic oxidation sites excluding steroid dienone is 1. The van der Waals surface area contributed by atoms with Crippen LogP contribution in [0.15, 0.2) is 93.3 Å². The number of nitrogens with one attached hydrogen (secondary N) is 2. The zero-order valence-electron chi connectivity index (χ0n) is 17.7. The van der Waals surface area contributed by atoms with Gasteiger partial charge >= 0.3 is 0 Å². The van der Waals surface area contributed by atoms with Gasteiger partial charge in [0.05, 0.1) is 17.7 Å². The van der Waals surface area contributed by atoms with Gasteiger partial charge in [0.15, 0.2) is 0 Å². The van der Waals surface area contributed by atoms with Gasteiger partial charge in [-0.15, -0.1) is 0 Å². The number of hydrogen-bond acceptors (Lipinski definition) is 5. The van der Waals surface area contributed by atoms with E-state index >= 15 is 0 Å². The Labute approximate surface area is 201 Å². The summed E-state index contributed by atoms with van der Waals surface area (Å²) in [6.07, 6.45) is 3.34. The maximum absolute atomic E-state index is 12.6. The number of carbonyl (C=O) groups is 1. The summed E-state index contributed by atoms with van der Waals surface area (Å²) in [7, 11) is -3.77. The average Bonchev–Trinajstić information content (AvgIpc) is 2.80. The van der Waals surface area contributed by atoms with E-state index in [0.717, 1.165) is 5.56 Å². The fourth-order valence-corrected chi connectivity index (χ4v) is 4.17. The topological polar surface area (TPSA) is 96.9 Å². The van der Waals surface area contributed by atoms with Crippen molar-refractivity contribution >= 4 is 49.8 Å². The second-order valence-electron chi connectivity index (χ2n) is 6.73. The zero-order chi connectivity index (χ0) is 23.7. The molecule has 33 heavy (non-hydrogen) atoms. The van der Waals surface area contributed by atoms with E-state index in [1.807, 2.05) is 43.3 Å². The Balaban J connectivity index is 1.58. The predicted octanol–water partition coefficient (Wildman–Crippen LogP) is 5.04. The van der Waals surface area contributed by atoms with Crippen LogP contribution in [0.5, 0.6) is 5.75 Å². The SMILES string of the molecule is CCOc1ccc(S(=O)(=O)Nc2ccc(C(=O)N/N=C/C(Br)=Cc3ccccc3)cc2)cc1. The van der Waals surface area contributed by atoms with Crippen LogP contribution >= 0.6 is 15.9 Å². The third-order valence-electron chi connectivity index (χ3n) is 4.30. The van der Waals surface area contributed by atoms with Gasteiger partial charge in [0.2, 0.25) is 0 Å². The van der Waals surface area contributed by atoms with Crippen molar-refractivity contribution in [2.24, 2.45) is 5.10 Å². The fraction of sp³-hybridized carbons (Fsp3) is 0.0833. The number of benzene rings is 3. The van der Waals surface area contributed by atoms with Gasteiger partial charge in [0.1, 0.15) is 5.75 Å². The molecule has 0 spiro atoms. The molecule has 0 heterocycles. The number of rotatable bonds is 9. The van der Waals surface area contributed by atoms with Crippen molar-refractivity contribution in [2.75, 3.05) is 11.3 Å². The molecule has 0 aromatic heterocycles. The number of amides is 1. The van der Waals surface area contributed by atoms with Crippen LogP contribution in [0.3, 0.4) is 0 Å². The molecule has 1 amide bonds. The number of sulfonamides is 1. The highest BCUT2D eigenvalue weighted by Crippen LogP contribution is 2.20. The van der Waals surface area contributed by atoms with Gasteiger partial charge in [0, 0.05) is 15.7 Å². The van der Waals surface area contributed by atoms with Crippen molar-refractivity contribution in [2.45, 2.75) is 11.8 Å². The first-order valence-electron chi connectivity index (χ1n) is 9.99. The molecule has 0 saturated heterocycles. The second kappa shape index (κ2) is 11.4. The van der Waals surface area contributed by atoms with E-state index in [4.69, 9.17) is 4.74 Å². The van der Waals surface area contributed by atoms with Gasteiger partial charge in [0.25, 0.3) is 15.9 Å². The highest BCUT2D eigenvalue weighted by atomic mass is 79.9. The molecule has 170 valence electrons. The van der Waals surface area contributed by atoms with E-state index in [0.29, 0.717) is 28.1 Å². The molecule has 7 nitrogen and oxygen atoms in total. The summed E-state index contributed by atoms with van der Waals surface area (Å²) in [5.41, 5.74) is 4.09. The lowest BCUT2D eigenvalue weighted by molar-refractivity contribution is 0.0955. The minimum atomic E-state index is -3.77. The summed E-state index contributed by atoms with van der Waals surface area (Å²) in [5.74, 6) is 0.171. The largest absolute Gasteiger partial charge is 0.494 e. The van der Waals surface area contributed by atoms with Crippen LogP contribution in [0.1, 0.15) is 22.8 Å². The van der Waals surface area contributed by atoms with E-state index in [1.165, 1.54) is 42.6 Å². The number of halogens is 1. The first-order chi connectivity index (χ1) is 15.9. The van der Waals surface area contributed by atoms with Crippen molar-refractivity contribution in [1.82, 2.24) is 5.43 Å². The number of ether oxygens (including phenoxy) is 1. The quantitative estimate of drug-likeness (QED) is 0.301. The Morgan fingerprint density at radius 2 is 1.67 bits per heavy atom. The molecule has 0 aliphatic carbocycles. The summed E-state index contributed by atoms with van der Waals surface area (Å²) in [4.78, 5) is 12.4. The van der Waals surface area contributed by atoms with Crippen LogP contribution < -0.4 is 14.9 Å². The van der Waals surface area contributed by atoms with E-state index in [2.05, 4.69) is 31.2 Å². The molecule has 2 N–H and O–H groups in total. The lowest BCUT2D eigenvalue weighted by atomic mass is 10.2. The minimum absolute atomic E-state index is 0.108. The Morgan fingerprint density at radius 1 is 1.00 bits per heavy atom. The Morgan fingerprint density at radius 3 is 2.30 bits per heavy atom. The van der Waals surface area contributed by atoms with Gasteiger partial charge in [-0.1, -0.05) is 30.3 Å². The van der Waals surface area contributed by atoms with E-state index in [1.54, 1.807) is 12.1 Å². The molecule has 0 aliphatic rings. The number of anilines is 1. The van der Waals surface area contributed by atoms with Crippen molar-refractivity contribution in [1.29, 1.82) is 0 Å².